The molecule has 2 N–H and O–H groups in total. The number of hydrogen-bond donors (Lipinski definition) is 2. The van der Waals surface area contributed by atoms with Crippen molar-refractivity contribution >= 4 is 11.7 Å². The molecule has 0 aliphatic rings. The summed E-state index contributed by atoms with van der Waals surface area (Å²) in [5, 5.41) is 5.73. The van der Waals surface area contributed by atoms with Crippen LogP contribution in [0.1, 0.15) is 31.9 Å². The van der Waals surface area contributed by atoms with Gasteiger partial charge in [0.2, 0.25) is 0 Å². The molecule has 0 fully saturated rings. The van der Waals surface area contributed by atoms with Crippen molar-refractivity contribution in [1.82, 2.24) is 5.32 Å². The lowest BCUT2D eigenvalue weighted by atomic mass is 9.86. The lowest BCUT2D eigenvalue weighted by Crippen LogP contribution is -2.33. The van der Waals surface area contributed by atoms with Gasteiger partial charge in [0.05, 0.1) is 13.7 Å². The molecule has 2 aromatic rings. The molecule has 0 aromatic heterocycles. The molecular formula is C21H28N2O3. The minimum atomic E-state index is -0.249. The number of amides is 2. The predicted octanol–water partition coefficient (Wildman–Crippen LogP) is 4.50. The molecule has 0 aliphatic carbocycles. The number of ether oxygens (including phenoxy) is 2. The first-order chi connectivity index (χ1) is 12.3. The van der Waals surface area contributed by atoms with Crippen LogP contribution >= 0.6 is 0 Å². The average molecular weight is 356 g/mol. The molecule has 2 aromatic carbocycles. The fourth-order valence-electron chi connectivity index (χ4n) is 2.63. The number of carbonyl (C=O) groups excluding carboxylic acids is 1. The first-order valence-electron chi connectivity index (χ1n) is 8.73. The van der Waals surface area contributed by atoms with Gasteiger partial charge in [-0.25, -0.2) is 4.79 Å². The van der Waals surface area contributed by atoms with Gasteiger partial charge in [-0.05, 0) is 41.7 Å². The molecule has 0 bridgehead atoms. The highest BCUT2D eigenvalue weighted by atomic mass is 16.5. The minimum Gasteiger partial charge on any atom is -0.493 e. The number of rotatable bonds is 6. The second-order valence-corrected chi connectivity index (χ2v) is 7.18. The van der Waals surface area contributed by atoms with Crippen LogP contribution < -0.4 is 20.1 Å². The summed E-state index contributed by atoms with van der Waals surface area (Å²) in [6.45, 7) is 9.10. The predicted molar refractivity (Wildman–Crippen MR) is 105 cm³/mol. The van der Waals surface area contributed by atoms with E-state index >= 15 is 0 Å². The van der Waals surface area contributed by atoms with Crippen molar-refractivity contribution < 1.29 is 14.3 Å². The Kier molecular flexibility index (Phi) is 6.50. The van der Waals surface area contributed by atoms with E-state index in [1.165, 1.54) is 0 Å². The van der Waals surface area contributed by atoms with Crippen molar-refractivity contribution in [3.63, 3.8) is 0 Å². The summed E-state index contributed by atoms with van der Waals surface area (Å²) in [5.74, 6) is 1.35. The van der Waals surface area contributed by atoms with Crippen LogP contribution in [0.25, 0.3) is 0 Å². The Morgan fingerprint density at radius 2 is 1.81 bits per heavy atom. The van der Waals surface area contributed by atoms with Crippen LogP contribution in [0.3, 0.4) is 0 Å². The Hall–Kier alpha value is -2.69. The van der Waals surface area contributed by atoms with E-state index in [9.17, 15) is 4.79 Å². The van der Waals surface area contributed by atoms with Gasteiger partial charge in [0.15, 0.2) is 11.5 Å². The van der Waals surface area contributed by atoms with Gasteiger partial charge in [-0.1, -0.05) is 45.0 Å². The van der Waals surface area contributed by atoms with Crippen molar-refractivity contribution in [2.24, 2.45) is 0 Å². The van der Waals surface area contributed by atoms with Gasteiger partial charge in [0, 0.05) is 5.69 Å². The van der Waals surface area contributed by atoms with Gasteiger partial charge in [-0.2, -0.15) is 0 Å². The fraction of sp³-hybridized carbons (Fsp3) is 0.381. The van der Waals surface area contributed by atoms with E-state index in [0.717, 1.165) is 16.8 Å². The second kappa shape index (κ2) is 8.61. The Morgan fingerprint density at radius 3 is 2.50 bits per heavy atom. The molecule has 0 saturated heterocycles. The maximum Gasteiger partial charge on any atom is 0.319 e. The molecule has 0 saturated carbocycles. The van der Waals surface area contributed by atoms with Crippen LogP contribution in [-0.2, 0) is 5.41 Å². The average Bonchev–Trinajstić information content (AvgIpc) is 2.59. The van der Waals surface area contributed by atoms with Crippen LogP contribution in [0, 0.1) is 6.92 Å². The van der Waals surface area contributed by atoms with E-state index in [-0.39, 0.29) is 11.4 Å². The Morgan fingerprint density at radius 1 is 1.08 bits per heavy atom. The summed E-state index contributed by atoms with van der Waals surface area (Å²) in [7, 11) is 1.61. The zero-order chi connectivity index (χ0) is 19.2. The molecule has 0 aliphatic heterocycles. The van der Waals surface area contributed by atoms with Gasteiger partial charge < -0.3 is 20.1 Å². The normalized spacial score (nSPS) is 11.0. The number of aryl methyl sites for hydroxylation is 1. The molecule has 0 spiro atoms. The third kappa shape index (κ3) is 5.41. The first kappa shape index (κ1) is 19.6. The van der Waals surface area contributed by atoms with E-state index in [4.69, 9.17) is 9.47 Å². The summed E-state index contributed by atoms with van der Waals surface area (Å²) in [5.41, 5.74) is 2.97. The molecule has 0 heterocycles. The molecular weight excluding hydrogens is 328 g/mol. The number of hydrogen-bond acceptors (Lipinski definition) is 3. The van der Waals surface area contributed by atoms with Gasteiger partial charge in [0.25, 0.3) is 0 Å². The monoisotopic (exact) mass is 356 g/mol. The molecule has 0 unspecified atom stereocenters. The van der Waals surface area contributed by atoms with Crippen LogP contribution in [0.5, 0.6) is 11.5 Å². The number of para-hydroxylation sites is 1. The topological polar surface area (TPSA) is 59.6 Å². The van der Waals surface area contributed by atoms with Crippen LogP contribution in [-0.4, -0.2) is 26.3 Å². The summed E-state index contributed by atoms with van der Waals surface area (Å²) in [6, 6.07) is 13.3. The lowest BCUT2D eigenvalue weighted by Gasteiger charge is -2.23. The van der Waals surface area contributed by atoms with Gasteiger partial charge in [0.1, 0.15) is 6.61 Å². The van der Waals surface area contributed by atoms with Crippen molar-refractivity contribution in [2.75, 3.05) is 25.6 Å². The fourth-order valence-corrected chi connectivity index (χ4v) is 2.63. The maximum absolute atomic E-state index is 12.2. The Balaban J connectivity index is 1.85. The molecule has 2 rings (SSSR count). The second-order valence-electron chi connectivity index (χ2n) is 7.18. The molecule has 5 heteroatoms. The number of methoxy groups -OCH3 is 1. The van der Waals surface area contributed by atoms with Crippen molar-refractivity contribution in [3.05, 3.63) is 53.6 Å². The molecule has 26 heavy (non-hydrogen) atoms. The highest BCUT2D eigenvalue weighted by Gasteiger charge is 2.18. The quantitative estimate of drug-likeness (QED) is 0.749. The van der Waals surface area contributed by atoms with Crippen LogP contribution in [0.4, 0.5) is 10.5 Å². The third-order valence-corrected chi connectivity index (χ3v) is 3.95. The minimum absolute atomic E-state index is 0.0466. The molecule has 0 atom stereocenters. The Bertz CT molecular complexity index is 751. The standard InChI is InChI=1S/C21H28N2O3/c1-15-10-11-18(19(14-15)25-5)26-13-12-22-20(24)23-17-9-7-6-8-16(17)21(2,3)4/h6-11,14H,12-13H2,1-5H3,(H2,22,23,24). The molecule has 0 radical (unpaired) electrons. The molecule has 2 amide bonds. The Labute approximate surface area is 155 Å². The van der Waals surface area contributed by atoms with E-state index in [0.29, 0.717) is 24.7 Å². The van der Waals surface area contributed by atoms with E-state index in [1.54, 1.807) is 7.11 Å². The van der Waals surface area contributed by atoms with Gasteiger partial charge in [-0.3, -0.25) is 0 Å². The number of nitrogens with one attached hydrogen (secondary N) is 2. The third-order valence-electron chi connectivity index (χ3n) is 3.95. The van der Waals surface area contributed by atoms with E-state index in [2.05, 4.69) is 31.4 Å². The summed E-state index contributed by atoms with van der Waals surface area (Å²) in [6.07, 6.45) is 0. The summed E-state index contributed by atoms with van der Waals surface area (Å²) in [4.78, 5) is 12.2. The number of urea groups is 1. The lowest BCUT2D eigenvalue weighted by molar-refractivity contribution is 0.246. The van der Waals surface area contributed by atoms with Crippen molar-refractivity contribution in [1.29, 1.82) is 0 Å². The highest BCUT2D eigenvalue weighted by molar-refractivity contribution is 5.90. The maximum atomic E-state index is 12.2. The molecule has 5 nitrogen and oxygen atoms in total. The largest absolute Gasteiger partial charge is 0.493 e. The first-order valence-corrected chi connectivity index (χ1v) is 8.73. The number of carbonyl (C=O) groups is 1. The summed E-state index contributed by atoms with van der Waals surface area (Å²) >= 11 is 0. The van der Waals surface area contributed by atoms with Gasteiger partial charge >= 0.3 is 6.03 Å². The number of benzene rings is 2. The zero-order valence-electron chi connectivity index (χ0n) is 16.2. The van der Waals surface area contributed by atoms with Crippen LogP contribution in [0.15, 0.2) is 42.5 Å². The highest BCUT2D eigenvalue weighted by Crippen LogP contribution is 2.29. The van der Waals surface area contributed by atoms with Crippen LogP contribution in [0.2, 0.25) is 0 Å². The van der Waals surface area contributed by atoms with Crippen molar-refractivity contribution in [2.45, 2.75) is 33.1 Å². The smallest absolute Gasteiger partial charge is 0.319 e. The molecule has 140 valence electrons. The van der Waals surface area contributed by atoms with E-state index in [1.807, 2.05) is 49.4 Å². The van der Waals surface area contributed by atoms with E-state index < -0.39 is 0 Å². The number of anilines is 1. The van der Waals surface area contributed by atoms with Gasteiger partial charge in [-0.15, -0.1) is 0 Å². The summed E-state index contributed by atoms with van der Waals surface area (Å²) < 4.78 is 11.0. The van der Waals surface area contributed by atoms with Crippen molar-refractivity contribution in [3.8, 4) is 11.5 Å². The zero-order valence-corrected chi connectivity index (χ0v) is 16.2. The SMILES string of the molecule is COc1cc(C)ccc1OCCNC(=O)Nc1ccccc1C(C)(C)C.